The minimum atomic E-state index is -0.967. The second-order valence-electron chi connectivity index (χ2n) is 6.73. The standard InChI is InChI=1S/C14H23NO3.Ru/c1-13(2,3)10-7-9(15(17)18)8-11(12(10)16)14(4,5)6;/h7-8,15-17H,1-6H3;. The van der Waals surface area contributed by atoms with Crippen molar-refractivity contribution in [1.82, 2.24) is 0 Å². The Morgan fingerprint density at radius 3 is 1.47 bits per heavy atom. The number of hydrogen-bond acceptors (Lipinski definition) is 3. The third kappa shape index (κ3) is 4.25. The summed E-state index contributed by atoms with van der Waals surface area (Å²) in [6.45, 7) is 11.8. The van der Waals surface area contributed by atoms with Crippen molar-refractivity contribution in [3.05, 3.63) is 28.5 Å². The maximum Gasteiger partial charge on any atom is 0.164 e. The van der Waals surface area contributed by atoms with Crippen molar-refractivity contribution in [2.75, 3.05) is 0 Å². The van der Waals surface area contributed by atoms with E-state index < -0.39 is 5.23 Å². The fourth-order valence-electron chi connectivity index (χ4n) is 1.90. The number of aromatic hydroxyl groups is 1. The molecule has 110 valence electrons. The molecular formula is C14H23NO3Ru. The molecule has 0 heterocycles. The Labute approximate surface area is 127 Å². The first-order valence-electron chi connectivity index (χ1n) is 6.06. The zero-order valence-corrected chi connectivity index (χ0v) is 14.0. The molecule has 1 aromatic carbocycles. The van der Waals surface area contributed by atoms with Gasteiger partial charge >= 0.3 is 0 Å². The van der Waals surface area contributed by atoms with E-state index in [1.165, 1.54) is 0 Å². The number of quaternary nitrogens is 1. The summed E-state index contributed by atoms with van der Waals surface area (Å²) in [5.41, 5.74) is 0.979. The van der Waals surface area contributed by atoms with Gasteiger partial charge in [0.15, 0.2) is 5.69 Å². The quantitative estimate of drug-likeness (QED) is 0.412. The van der Waals surface area contributed by atoms with Gasteiger partial charge in [-0.05, 0) is 10.8 Å². The van der Waals surface area contributed by atoms with Crippen molar-refractivity contribution >= 4 is 5.69 Å². The smallest absolute Gasteiger partial charge is 0.164 e. The van der Waals surface area contributed by atoms with Crippen LogP contribution in [0.3, 0.4) is 0 Å². The van der Waals surface area contributed by atoms with E-state index in [-0.39, 0.29) is 41.7 Å². The minimum Gasteiger partial charge on any atom is -0.595 e. The van der Waals surface area contributed by atoms with E-state index in [1.807, 2.05) is 41.5 Å². The zero-order valence-electron chi connectivity index (χ0n) is 12.3. The van der Waals surface area contributed by atoms with Crippen LogP contribution in [-0.4, -0.2) is 10.3 Å². The van der Waals surface area contributed by atoms with Crippen molar-refractivity contribution < 1.29 is 35.0 Å². The molecule has 0 aliphatic carbocycles. The van der Waals surface area contributed by atoms with E-state index in [1.54, 1.807) is 12.1 Å². The van der Waals surface area contributed by atoms with E-state index in [0.717, 1.165) is 0 Å². The van der Waals surface area contributed by atoms with Gasteiger partial charge in [0, 0.05) is 42.7 Å². The van der Waals surface area contributed by atoms with Gasteiger partial charge in [-0.15, -0.1) is 0 Å². The first-order valence-corrected chi connectivity index (χ1v) is 6.06. The van der Waals surface area contributed by atoms with Gasteiger partial charge in [-0.2, -0.15) is 5.23 Å². The number of nitrogens with one attached hydrogen (secondary N) is 1. The van der Waals surface area contributed by atoms with Gasteiger partial charge in [-0.1, -0.05) is 41.5 Å². The molecule has 0 spiro atoms. The van der Waals surface area contributed by atoms with Crippen LogP contribution in [0, 0.1) is 5.21 Å². The second-order valence-corrected chi connectivity index (χ2v) is 6.73. The Kier molecular flexibility index (Phi) is 5.73. The van der Waals surface area contributed by atoms with Crippen LogP contribution in [0.15, 0.2) is 12.1 Å². The third-order valence-electron chi connectivity index (χ3n) is 2.97. The van der Waals surface area contributed by atoms with Crippen LogP contribution in [0.1, 0.15) is 52.7 Å². The average molecular weight is 354 g/mol. The van der Waals surface area contributed by atoms with Crippen molar-refractivity contribution in [2.45, 2.75) is 52.4 Å². The molecule has 0 bridgehead atoms. The Hall–Kier alpha value is -0.477. The van der Waals surface area contributed by atoms with Crippen LogP contribution in [-0.2, 0) is 30.3 Å². The second kappa shape index (κ2) is 5.88. The Morgan fingerprint density at radius 1 is 0.947 bits per heavy atom. The SMILES string of the molecule is CC(C)(C)c1cc([NH+]([O-])O)cc(C(C)(C)C)c1O.[Ru]. The first-order chi connectivity index (χ1) is 7.94. The summed E-state index contributed by atoms with van der Waals surface area (Å²) in [5.74, 6) is 0.208. The molecule has 1 rings (SSSR count). The summed E-state index contributed by atoms with van der Waals surface area (Å²) in [6, 6.07) is 3.12. The van der Waals surface area contributed by atoms with Gasteiger partial charge in [0.05, 0.1) is 0 Å². The molecule has 0 aliphatic heterocycles. The Bertz CT molecular complexity index is 410. The zero-order chi connectivity index (χ0) is 14.3. The van der Waals surface area contributed by atoms with E-state index in [0.29, 0.717) is 11.1 Å². The van der Waals surface area contributed by atoms with Gasteiger partial charge < -0.3 is 10.3 Å². The normalized spacial score (nSPS) is 13.9. The molecule has 0 fully saturated rings. The molecule has 3 N–H and O–H groups in total. The molecule has 5 heteroatoms. The summed E-state index contributed by atoms with van der Waals surface area (Å²) in [5, 5.41) is 29.8. The number of benzene rings is 1. The van der Waals surface area contributed by atoms with Crippen LogP contribution in [0.4, 0.5) is 5.69 Å². The van der Waals surface area contributed by atoms with Crippen LogP contribution in [0.25, 0.3) is 0 Å². The van der Waals surface area contributed by atoms with E-state index >= 15 is 0 Å². The van der Waals surface area contributed by atoms with Gasteiger partial charge in [0.1, 0.15) is 5.75 Å². The monoisotopic (exact) mass is 355 g/mol. The molecule has 1 aromatic rings. The fraction of sp³-hybridized carbons (Fsp3) is 0.571. The number of rotatable bonds is 1. The Morgan fingerprint density at radius 2 is 1.26 bits per heavy atom. The molecule has 0 aromatic heterocycles. The number of hydrogen-bond donors (Lipinski definition) is 3. The molecule has 19 heavy (non-hydrogen) atoms. The summed E-state index contributed by atoms with van der Waals surface area (Å²) < 4.78 is 0. The molecule has 0 radical (unpaired) electrons. The van der Waals surface area contributed by atoms with Crippen LogP contribution >= 0.6 is 0 Å². The van der Waals surface area contributed by atoms with E-state index in [9.17, 15) is 15.5 Å². The predicted octanol–water partition coefficient (Wildman–Crippen LogP) is 2.39. The maximum atomic E-state index is 11.2. The Balaban J connectivity index is 0.00000324. The van der Waals surface area contributed by atoms with Crippen LogP contribution in [0.2, 0.25) is 0 Å². The summed E-state index contributed by atoms with van der Waals surface area (Å²) in [6.07, 6.45) is 0. The molecule has 0 saturated heterocycles. The predicted molar refractivity (Wildman–Crippen MR) is 71.3 cm³/mol. The molecular weight excluding hydrogens is 331 g/mol. The average Bonchev–Trinajstić information content (AvgIpc) is 2.13. The van der Waals surface area contributed by atoms with E-state index in [2.05, 4.69) is 0 Å². The molecule has 0 saturated carbocycles. The summed E-state index contributed by atoms with van der Waals surface area (Å²) >= 11 is 0. The number of phenolic OH excluding ortho intramolecular Hbond substituents is 1. The van der Waals surface area contributed by atoms with Gasteiger partial charge in [0.2, 0.25) is 0 Å². The minimum absolute atomic E-state index is 0. The van der Waals surface area contributed by atoms with Crippen molar-refractivity contribution in [3.63, 3.8) is 0 Å². The third-order valence-corrected chi connectivity index (χ3v) is 2.97. The molecule has 0 amide bonds. The molecule has 0 aliphatic rings. The van der Waals surface area contributed by atoms with Crippen molar-refractivity contribution in [2.24, 2.45) is 0 Å². The van der Waals surface area contributed by atoms with E-state index in [4.69, 9.17) is 0 Å². The molecule has 4 nitrogen and oxygen atoms in total. The molecule has 1 unspecified atom stereocenters. The largest absolute Gasteiger partial charge is 0.595 e. The van der Waals surface area contributed by atoms with Gasteiger partial charge in [-0.3, -0.25) is 0 Å². The van der Waals surface area contributed by atoms with Crippen LogP contribution in [0.5, 0.6) is 5.75 Å². The first kappa shape index (κ1) is 18.5. The topological polar surface area (TPSA) is 68.0 Å². The van der Waals surface area contributed by atoms with Crippen molar-refractivity contribution in [3.8, 4) is 5.75 Å². The molecule has 1 atom stereocenters. The van der Waals surface area contributed by atoms with Gasteiger partial charge in [0.25, 0.3) is 0 Å². The fourth-order valence-corrected chi connectivity index (χ4v) is 1.90. The summed E-state index contributed by atoms with van der Waals surface area (Å²) in [4.78, 5) is 0. The number of phenols is 1. The van der Waals surface area contributed by atoms with Gasteiger partial charge in [-0.25, -0.2) is 5.21 Å². The maximum absolute atomic E-state index is 11.2. The van der Waals surface area contributed by atoms with Crippen molar-refractivity contribution in [1.29, 1.82) is 0 Å². The van der Waals surface area contributed by atoms with Crippen LogP contribution < -0.4 is 5.23 Å². The summed E-state index contributed by atoms with van der Waals surface area (Å²) in [7, 11) is 0.